The van der Waals surface area contributed by atoms with E-state index in [4.69, 9.17) is 14.5 Å². The lowest BCUT2D eigenvalue weighted by Crippen LogP contribution is -2.30. The highest BCUT2D eigenvalue weighted by Crippen LogP contribution is 2.28. The second-order valence-corrected chi connectivity index (χ2v) is 6.97. The van der Waals surface area contributed by atoms with Crippen LogP contribution in [-0.2, 0) is 6.54 Å². The number of rotatable bonds is 8. The molecule has 0 aliphatic carbocycles. The minimum atomic E-state index is -0.320. The minimum Gasteiger partial charge on any atom is -0.497 e. The van der Waals surface area contributed by atoms with Crippen molar-refractivity contribution in [2.45, 2.75) is 13.0 Å². The molecule has 164 valence electrons. The molecule has 4 rings (SSSR count). The van der Waals surface area contributed by atoms with Crippen molar-refractivity contribution in [3.05, 3.63) is 61.1 Å². The van der Waals surface area contributed by atoms with Crippen molar-refractivity contribution in [2.75, 3.05) is 26.1 Å². The van der Waals surface area contributed by atoms with E-state index in [1.165, 1.54) is 0 Å². The number of imidazole rings is 1. The molecule has 0 atom stereocenters. The van der Waals surface area contributed by atoms with Gasteiger partial charge in [-0.1, -0.05) is 0 Å². The second-order valence-electron chi connectivity index (χ2n) is 6.97. The lowest BCUT2D eigenvalue weighted by molar-refractivity contribution is 0.251. The predicted octanol–water partition coefficient (Wildman–Crippen LogP) is 3.72. The zero-order valence-corrected chi connectivity index (χ0v) is 17.9. The molecule has 1 aromatic carbocycles. The summed E-state index contributed by atoms with van der Waals surface area (Å²) in [4.78, 5) is 25.7. The van der Waals surface area contributed by atoms with Crippen molar-refractivity contribution in [2.24, 2.45) is 0 Å². The summed E-state index contributed by atoms with van der Waals surface area (Å²) in [6.07, 6.45) is 5.93. The molecule has 4 aromatic rings. The largest absolute Gasteiger partial charge is 0.497 e. The molecule has 0 saturated carbocycles. The summed E-state index contributed by atoms with van der Waals surface area (Å²) >= 11 is 0. The summed E-state index contributed by atoms with van der Waals surface area (Å²) < 4.78 is 12.6. The number of pyridine rings is 2. The van der Waals surface area contributed by atoms with E-state index >= 15 is 0 Å². The SMILES string of the molecule is COc1ccc(OC)c(NC(=O)NCCCn2c(-c3ccncc3)nc3cccnc32)c1. The fraction of sp³-hybridized carbons (Fsp3) is 0.217. The number of amides is 2. The number of hydrogen-bond donors (Lipinski definition) is 2. The molecular formula is C23H24N6O3. The Balaban J connectivity index is 1.41. The number of aromatic nitrogens is 4. The van der Waals surface area contributed by atoms with Crippen molar-refractivity contribution in [1.82, 2.24) is 24.8 Å². The van der Waals surface area contributed by atoms with Crippen LogP contribution in [-0.4, -0.2) is 46.3 Å². The third-order valence-electron chi connectivity index (χ3n) is 4.94. The Morgan fingerprint density at radius 1 is 1.06 bits per heavy atom. The first-order valence-corrected chi connectivity index (χ1v) is 10.2. The molecule has 0 unspecified atom stereocenters. The molecule has 2 N–H and O–H groups in total. The lowest BCUT2D eigenvalue weighted by Gasteiger charge is -2.13. The van der Waals surface area contributed by atoms with E-state index < -0.39 is 0 Å². The predicted molar refractivity (Wildman–Crippen MR) is 122 cm³/mol. The van der Waals surface area contributed by atoms with Gasteiger partial charge in [0.1, 0.15) is 22.8 Å². The first-order chi connectivity index (χ1) is 15.7. The number of aryl methyl sites for hydroxylation is 1. The van der Waals surface area contributed by atoms with Crippen molar-refractivity contribution < 1.29 is 14.3 Å². The average molecular weight is 432 g/mol. The van der Waals surface area contributed by atoms with E-state index in [1.54, 1.807) is 51.0 Å². The fourth-order valence-corrected chi connectivity index (χ4v) is 3.41. The smallest absolute Gasteiger partial charge is 0.319 e. The first-order valence-electron chi connectivity index (χ1n) is 10.2. The van der Waals surface area contributed by atoms with Gasteiger partial charge in [-0.2, -0.15) is 0 Å². The molecule has 0 fully saturated rings. The number of urea groups is 1. The highest BCUT2D eigenvalue weighted by molar-refractivity contribution is 5.91. The molecule has 9 nitrogen and oxygen atoms in total. The topological polar surface area (TPSA) is 103 Å². The van der Waals surface area contributed by atoms with Crippen LogP contribution < -0.4 is 20.1 Å². The Morgan fingerprint density at radius 2 is 1.91 bits per heavy atom. The van der Waals surface area contributed by atoms with Gasteiger partial charge < -0.3 is 24.7 Å². The van der Waals surface area contributed by atoms with E-state index in [9.17, 15) is 4.79 Å². The molecule has 3 aromatic heterocycles. The summed E-state index contributed by atoms with van der Waals surface area (Å²) in [7, 11) is 3.12. The zero-order valence-electron chi connectivity index (χ0n) is 17.9. The number of methoxy groups -OCH3 is 2. The van der Waals surface area contributed by atoms with Crippen LogP contribution in [0, 0.1) is 0 Å². The van der Waals surface area contributed by atoms with Crippen LogP contribution in [0.5, 0.6) is 11.5 Å². The number of anilines is 1. The lowest BCUT2D eigenvalue weighted by atomic mass is 10.2. The standard InChI is InChI=1S/C23H24N6O3/c1-31-17-6-7-20(32-2)19(15-17)28-23(30)26-11-4-14-29-21(16-8-12-24-13-9-16)27-18-5-3-10-25-22(18)29/h3,5-10,12-13,15H,4,11,14H2,1-2H3,(H2,26,28,30). The van der Waals surface area contributed by atoms with Crippen molar-refractivity contribution in [3.63, 3.8) is 0 Å². The second kappa shape index (κ2) is 9.78. The molecule has 0 bridgehead atoms. The van der Waals surface area contributed by atoms with Gasteiger partial charge in [-0.3, -0.25) is 4.98 Å². The van der Waals surface area contributed by atoms with E-state index in [2.05, 4.69) is 25.2 Å². The van der Waals surface area contributed by atoms with Gasteiger partial charge in [0.05, 0.1) is 19.9 Å². The Kier molecular flexibility index (Phi) is 6.45. The maximum absolute atomic E-state index is 12.4. The van der Waals surface area contributed by atoms with E-state index in [1.807, 2.05) is 24.3 Å². The molecule has 0 aliphatic heterocycles. The van der Waals surface area contributed by atoms with Gasteiger partial charge >= 0.3 is 6.03 Å². The Labute approximate surface area is 185 Å². The van der Waals surface area contributed by atoms with Crippen molar-refractivity contribution in [3.8, 4) is 22.9 Å². The van der Waals surface area contributed by atoms with Crippen LogP contribution in [0.3, 0.4) is 0 Å². The number of fused-ring (bicyclic) bond motifs is 1. The van der Waals surface area contributed by atoms with Gasteiger partial charge in [0, 0.05) is 43.3 Å². The average Bonchev–Trinajstić information content (AvgIpc) is 3.21. The Hall–Kier alpha value is -4.14. The molecule has 3 heterocycles. The van der Waals surface area contributed by atoms with Gasteiger partial charge in [0.2, 0.25) is 0 Å². The van der Waals surface area contributed by atoms with Crippen LogP contribution in [0.1, 0.15) is 6.42 Å². The highest BCUT2D eigenvalue weighted by Gasteiger charge is 2.13. The molecule has 0 spiro atoms. The molecule has 32 heavy (non-hydrogen) atoms. The maximum Gasteiger partial charge on any atom is 0.319 e. The van der Waals surface area contributed by atoms with Crippen molar-refractivity contribution in [1.29, 1.82) is 0 Å². The summed E-state index contributed by atoms with van der Waals surface area (Å²) in [6.45, 7) is 1.12. The van der Waals surface area contributed by atoms with E-state index in [0.29, 0.717) is 36.7 Å². The number of carbonyl (C=O) groups excluding carboxylic acids is 1. The molecule has 2 amide bonds. The van der Waals surface area contributed by atoms with E-state index in [-0.39, 0.29) is 6.03 Å². The van der Waals surface area contributed by atoms with Gasteiger partial charge in [-0.25, -0.2) is 14.8 Å². The number of nitrogens with zero attached hydrogens (tertiary/aromatic N) is 4. The minimum absolute atomic E-state index is 0.320. The molecule has 0 radical (unpaired) electrons. The summed E-state index contributed by atoms with van der Waals surface area (Å²) in [5, 5.41) is 5.68. The van der Waals surface area contributed by atoms with Gasteiger partial charge in [0.25, 0.3) is 0 Å². The van der Waals surface area contributed by atoms with Gasteiger partial charge in [-0.15, -0.1) is 0 Å². The van der Waals surface area contributed by atoms with Gasteiger partial charge in [-0.05, 0) is 42.8 Å². The number of benzene rings is 1. The van der Waals surface area contributed by atoms with Crippen LogP contribution >= 0.6 is 0 Å². The Morgan fingerprint density at radius 3 is 2.69 bits per heavy atom. The van der Waals surface area contributed by atoms with Crippen molar-refractivity contribution >= 4 is 22.9 Å². The normalized spacial score (nSPS) is 10.7. The van der Waals surface area contributed by atoms with E-state index in [0.717, 1.165) is 22.6 Å². The fourth-order valence-electron chi connectivity index (χ4n) is 3.41. The van der Waals surface area contributed by atoms with Crippen LogP contribution in [0.25, 0.3) is 22.6 Å². The first kappa shape index (κ1) is 21.1. The number of ether oxygens (including phenoxy) is 2. The highest BCUT2D eigenvalue weighted by atomic mass is 16.5. The Bertz CT molecular complexity index is 1210. The molecule has 9 heteroatoms. The van der Waals surface area contributed by atoms with Crippen LogP contribution in [0.2, 0.25) is 0 Å². The molecule has 0 aliphatic rings. The zero-order chi connectivity index (χ0) is 22.3. The number of carbonyl (C=O) groups is 1. The monoisotopic (exact) mass is 432 g/mol. The summed E-state index contributed by atoms with van der Waals surface area (Å²) in [5.41, 5.74) is 3.14. The summed E-state index contributed by atoms with van der Waals surface area (Å²) in [5.74, 6) is 2.01. The third-order valence-corrected chi connectivity index (χ3v) is 4.94. The number of hydrogen-bond acceptors (Lipinski definition) is 6. The maximum atomic E-state index is 12.4. The van der Waals surface area contributed by atoms with Crippen LogP contribution in [0.4, 0.5) is 10.5 Å². The summed E-state index contributed by atoms with van der Waals surface area (Å²) in [6, 6.07) is 12.6. The molecular weight excluding hydrogens is 408 g/mol. The van der Waals surface area contributed by atoms with Crippen LogP contribution in [0.15, 0.2) is 61.1 Å². The third kappa shape index (κ3) is 4.61. The quantitative estimate of drug-likeness (QED) is 0.411. The number of nitrogens with one attached hydrogen (secondary N) is 2. The molecule has 0 saturated heterocycles. The van der Waals surface area contributed by atoms with Gasteiger partial charge in [0.15, 0.2) is 5.65 Å².